The van der Waals surface area contributed by atoms with Gasteiger partial charge in [0.15, 0.2) is 0 Å². The van der Waals surface area contributed by atoms with Crippen LogP contribution < -0.4 is 16.4 Å². The van der Waals surface area contributed by atoms with Crippen molar-refractivity contribution >= 4 is 17.5 Å². The van der Waals surface area contributed by atoms with Gasteiger partial charge in [-0.05, 0) is 85.6 Å². The van der Waals surface area contributed by atoms with Crippen LogP contribution in [0.1, 0.15) is 51.5 Å². The fourth-order valence-electron chi connectivity index (χ4n) is 7.23. The van der Waals surface area contributed by atoms with Gasteiger partial charge >= 0.3 is 0 Å². The van der Waals surface area contributed by atoms with Crippen molar-refractivity contribution in [2.24, 2.45) is 34.8 Å². The van der Waals surface area contributed by atoms with Crippen molar-refractivity contribution in [1.29, 1.82) is 0 Å². The number of rotatable bonds is 7. The number of hydrogen-bond acceptors (Lipinski definition) is 4. The molecule has 4 bridgehead atoms. The van der Waals surface area contributed by atoms with E-state index in [1.165, 1.54) is 12.1 Å². The summed E-state index contributed by atoms with van der Waals surface area (Å²) >= 11 is 0. The molecule has 0 radical (unpaired) electrons. The van der Waals surface area contributed by atoms with Gasteiger partial charge in [-0.15, -0.1) is 0 Å². The number of nitrogens with two attached hydrogens (primary N) is 1. The molecule has 1 aromatic heterocycles. The van der Waals surface area contributed by atoms with Crippen molar-refractivity contribution in [3.8, 4) is 0 Å². The average molecular weight is 479 g/mol. The van der Waals surface area contributed by atoms with Crippen LogP contribution in [0.4, 0.5) is 10.1 Å². The van der Waals surface area contributed by atoms with Gasteiger partial charge in [-0.2, -0.15) is 0 Å². The monoisotopic (exact) mass is 478 g/mol. The number of halogens is 1. The Bertz CT molecular complexity index is 1070. The lowest BCUT2D eigenvalue weighted by molar-refractivity contribution is -0.151. The lowest BCUT2D eigenvalue weighted by Gasteiger charge is -2.60. The Labute approximate surface area is 206 Å². The van der Waals surface area contributed by atoms with Crippen molar-refractivity contribution < 1.29 is 14.0 Å². The molecule has 2 amide bonds. The summed E-state index contributed by atoms with van der Waals surface area (Å²) in [4.78, 5) is 30.6. The Morgan fingerprint density at radius 2 is 1.71 bits per heavy atom. The van der Waals surface area contributed by atoms with Crippen LogP contribution in [0.2, 0.25) is 0 Å². The third-order valence-electron chi connectivity index (χ3n) is 8.81. The first kappa shape index (κ1) is 23.9. The number of aromatic nitrogens is 1. The van der Waals surface area contributed by atoms with Crippen molar-refractivity contribution in [3.05, 3.63) is 60.2 Å². The maximum absolute atomic E-state index is 13.4. The van der Waals surface area contributed by atoms with E-state index in [0.29, 0.717) is 12.5 Å². The molecule has 7 heteroatoms. The number of nitrogens with one attached hydrogen (secondary N) is 2. The fraction of sp³-hybridized carbons (Fsp3) is 0.536. The maximum atomic E-state index is 13.4. The molecule has 3 atom stereocenters. The number of pyridine rings is 1. The Balaban J connectivity index is 1.24. The minimum atomic E-state index is -0.589. The maximum Gasteiger partial charge on any atom is 0.237 e. The summed E-state index contributed by atoms with van der Waals surface area (Å²) < 4.78 is 13.3. The zero-order valence-electron chi connectivity index (χ0n) is 20.5. The Kier molecular flexibility index (Phi) is 6.16. The topological polar surface area (TPSA) is 97.1 Å². The van der Waals surface area contributed by atoms with E-state index in [2.05, 4.69) is 15.6 Å². The molecular formula is C28H35FN4O2. The van der Waals surface area contributed by atoms with Gasteiger partial charge in [-0.1, -0.05) is 26.0 Å². The molecule has 35 heavy (non-hydrogen) atoms. The van der Waals surface area contributed by atoms with Crippen LogP contribution in [0.25, 0.3) is 0 Å². The second kappa shape index (κ2) is 9.01. The van der Waals surface area contributed by atoms with Crippen molar-refractivity contribution in [1.82, 2.24) is 10.3 Å². The molecule has 4 fully saturated rings. The molecule has 186 valence electrons. The second-order valence-electron chi connectivity index (χ2n) is 11.7. The summed E-state index contributed by atoms with van der Waals surface area (Å²) in [6.45, 7) is 4.48. The zero-order valence-corrected chi connectivity index (χ0v) is 20.5. The highest BCUT2D eigenvalue weighted by atomic mass is 19.1. The lowest BCUT2D eigenvalue weighted by Crippen LogP contribution is -2.61. The first-order valence-corrected chi connectivity index (χ1v) is 12.7. The summed E-state index contributed by atoms with van der Waals surface area (Å²) in [5, 5.41) is 6.18. The molecule has 4 saturated carbocycles. The molecule has 2 aromatic rings. The van der Waals surface area contributed by atoms with Gasteiger partial charge in [0.1, 0.15) is 5.82 Å². The summed E-state index contributed by atoms with van der Waals surface area (Å²) in [6.07, 6.45) is 7.98. The quantitative estimate of drug-likeness (QED) is 0.560. The molecule has 1 heterocycles. The summed E-state index contributed by atoms with van der Waals surface area (Å²) in [5.74, 6) is 0.894. The van der Waals surface area contributed by atoms with E-state index in [4.69, 9.17) is 5.73 Å². The highest BCUT2D eigenvalue weighted by molar-refractivity contribution is 5.95. The van der Waals surface area contributed by atoms with Crippen LogP contribution in [0.5, 0.6) is 0 Å². The van der Waals surface area contributed by atoms with Crippen molar-refractivity contribution in [3.63, 3.8) is 0 Å². The van der Waals surface area contributed by atoms with Gasteiger partial charge in [-0.3, -0.25) is 14.6 Å². The van der Waals surface area contributed by atoms with Gasteiger partial charge in [0.2, 0.25) is 11.8 Å². The van der Waals surface area contributed by atoms with Crippen molar-refractivity contribution in [2.75, 3.05) is 11.9 Å². The van der Waals surface area contributed by atoms with Crippen LogP contribution in [0.15, 0.2) is 48.8 Å². The third-order valence-corrected chi connectivity index (χ3v) is 8.81. The van der Waals surface area contributed by atoms with Gasteiger partial charge < -0.3 is 16.4 Å². The van der Waals surface area contributed by atoms with E-state index < -0.39 is 6.04 Å². The van der Waals surface area contributed by atoms with E-state index in [-0.39, 0.29) is 46.2 Å². The first-order chi connectivity index (χ1) is 16.7. The summed E-state index contributed by atoms with van der Waals surface area (Å²) in [6, 6.07) is 9.45. The number of hydrogen-bond donors (Lipinski definition) is 3. The number of anilines is 1. The fourth-order valence-corrected chi connectivity index (χ4v) is 7.23. The molecule has 4 aliphatic rings. The minimum absolute atomic E-state index is 0.0978. The second-order valence-corrected chi connectivity index (χ2v) is 11.7. The predicted octanol–water partition coefficient (Wildman–Crippen LogP) is 4.02. The standard InChI is InChI=1S/C28H35FN4O2/c1-27(2,20-3-5-21(29)6-4-20)16-32-25(34)24(30)23-18-11-17-12-19(23)15-28(13-17,14-18)26(35)33-22-7-9-31-10-8-22/h3-10,17-19,23-24H,11-16,30H2,1-2H3,(H,32,34)(H,31,33,35). The zero-order chi connectivity index (χ0) is 24.8. The number of carbonyl (C=O) groups excluding carboxylic acids is 2. The molecule has 0 saturated heterocycles. The van der Waals surface area contributed by atoms with E-state index >= 15 is 0 Å². The molecule has 0 aliphatic heterocycles. The normalized spacial score (nSPS) is 30.1. The number of carbonyl (C=O) groups is 2. The molecule has 6 nitrogen and oxygen atoms in total. The third kappa shape index (κ3) is 4.58. The number of benzene rings is 1. The SMILES string of the molecule is CC(C)(CNC(=O)C(N)C1C2CC3CC1CC(C(=O)Nc1ccncc1)(C3)C2)c1ccc(F)cc1. The molecule has 1 aromatic carbocycles. The van der Waals surface area contributed by atoms with Crippen LogP contribution in [-0.2, 0) is 15.0 Å². The van der Waals surface area contributed by atoms with Crippen molar-refractivity contribution in [2.45, 2.75) is 57.4 Å². The highest BCUT2D eigenvalue weighted by Crippen LogP contribution is 2.63. The Morgan fingerprint density at radius 3 is 2.34 bits per heavy atom. The van der Waals surface area contributed by atoms with E-state index in [9.17, 15) is 14.0 Å². The number of nitrogens with zero attached hydrogens (tertiary/aromatic N) is 1. The number of amides is 2. The largest absolute Gasteiger partial charge is 0.354 e. The smallest absolute Gasteiger partial charge is 0.237 e. The van der Waals surface area contributed by atoms with Crippen LogP contribution in [-0.4, -0.2) is 29.4 Å². The van der Waals surface area contributed by atoms with Gasteiger partial charge in [0.25, 0.3) is 0 Å². The highest BCUT2D eigenvalue weighted by Gasteiger charge is 2.60. The van der Waals surface area contributed by atoms with E-state index in [0.717, 1.165) is 43.4 Å². The van der Waals surface area contributed by atoms with E-state index in [1.807, 2.05) is 26.0 Å². The summed E-state index contributed by atoms with van der Waals surface area (Å²) in [7, 11) is 0. The molecule has 4 N–H and O–H groups in total. The van der Waals surface area contributed by atoms with E-state index in [1.54, 1.807) is 24.5 Å². The van der Waals surface area contributed by atoms with Gasteiger partial charge in [0.05, 0.1) is 11.5 Å². The molecule has 3 unspecified atom stereocenters. The molecule has 4 aliphatic carbocycles. The first-order valence-electron chi connectivity index (χ1n) is 12.7. The summed E-state index contributed by atoms with van der Waals surface area (Å²) in [5.41, 5.74) is 7.63. The Hall–Kier alpha value is -2.80. The van der Waals surface area contributed by atoms with Gasteiger partial charge in [-0.25, -0.2) is 4.39 Å². The van der Waals surface area contributed by atoms with Crippen LogP contribution in [0, 0.1) is 34.9 Å². The molecule has 6 rings (SSSR count). The Morgan fingerprint density at radius 1 is 1.09 bits per heavy atom. The average Bonchev–Trinajstić information content (AvgIpc) is 2.82. The van der Waals surface area contributed by atoms with Crippen LogP contribution in [0.3, 0.4) is 0 Å². The minimum Gasteiger partial charge on any atom is -0.354 e. The van der Waals surface area contributed by atoms with Gasteiger partial charge in [0, 0.05) is 30.0 Å². The lowest BCUT2D eigenvalue weighted by atomic mass is 9.45. The predicted molar refractivity (Wildman–Crippen MR) is 133 cm³/mol. The molecule has 0 spiro atoms. The van der Waals surface area contributed by atoms with Crippen LogP contribution >= 0.6 is 0 Å². The molecular weight excluding hydrogens is 443 g/mol.